The van der Waals surface area contributed by atoms with Crippen molar-refractivity contribution < 1.29 is 9.53 Å². The fourth-order valence-corrected chi connectivity index (χ4v) is 2.50. The number of anilines is 2. The van der Waals surface area contributed by atoms with Crippen LogP contribution in [0, 0.1) is 11.3 Å². The Morgan fingerprint density at radius 3 is 2.90 bits per heavy atom. The lowest BCUT2D eigenvalue weighted by Gasteiger charge is -2.24. The maximum Gasteiger partial charge on any atom is 0.248 e. The zero-order chi connectivity index (χ0) is 15.4. The van der Waals surface area contributed by atoms with Crippen molar-refractivity contribution in [1.29, 1.82) is 5.26 Å². The first-order chi connectivity index (χ1) is 10.1. The molecule has 1 aromatic rings. The predicted octanol–water partition coefficient (Wildman–Crippen LogP) is 1.03. The molecule has 0 radical (unpaired) electrons. The number of likely N-dealkylation sites (N-methyl/N-ethyl adjacent to an activating group) is 1. The molecular weight excluding hydrogens is 268 g/mol. The number of nitriles is 1. The second-order valence-corrected chi connectivity index (χ2v) is 5.01. The van der Waals surface area contributed by atoms with E-state index in [0.717, 1.165) is 16.9 Å². The van der Waals surface area contributed by atoms with Crippen LogP contribution in [0.3, 0.4) is 0 Å². The van der Waals surface area contributed by atoms with E-state index in [-0.39, 0.29) is 5.91 Å². The summed E-state index contributed by atoms with van der Waals surface area (Å²) in [5, 5.41) is 8.78. The maximum atomic E-state index is 11.9. The van der Waals surface area contributed by atoms with Gasteiger partial charge in [0, 0.05) is 38.5 Å². The van der Waals surface area contributed by atoms with Crippen molar-refractivity contribution in [3.63, 3.8) is 0 Å². The Bertz CT molecular complexity index is 567. The van der Waals surface area contributed by atoms with Gasteiger partial charge in [-0.05, 0) is 12.1 Å². The molecule has 1 amide bonds. The van der Waals surface area contributed by atoms with Crippen LogP contribution in [-0.4, -0.2) is 39.8 Å². The molecule has 1 heterocycles. The average molecular weight is 288 g/mol. The quantitative estimate of drug-likeness (QED) is 0.845. The van der Waals surface area contributed by atoms with E-state index in [1.165, 1.54) is 0 Å². The number of carbonyl (C=O) groups is 1. The number of hydrogen-bond acceptors (Lipinski definition) is 5. The van der Waals surface area contributed by atoms with Crippen molar-refractivity contribution >= 4 is 17.3 Å². The number of ether oxygens (including phenoxy) is 1. The van der Waals surface area contributed by atoms with E-state index in [1.807, 2.05) is 18.2 Å². The van der Waals surface area contributed by atoms with Crippen LogP contribution in [0.5, 0.6) is 0 Å². The van der Waals surface area contributed by atoms with Gasteiger partial charge in [0.05, 0.1) is 24.8 Å². The molecule has 0 spiro atoms. The van der Waals surface area contributed by atoms with Gasteiger partial charge in [-0.15, -0.1) is 0 Å². The van der Waals surface area contributed by atoms with Gasteiger partial charge in [-0.25, -0.2) is 0 Å². The van der Waals surface area contributed by atoms with E-state index in [1.54, 1.807) is 19.1 Å². The molecule has 0 saturated carbocycles. The largest absolute Gasteiger partial charge is 0.383 e. The van der Waals surface area contributed by atoms with Crippen LogP contribution in [0.25, 0.3) is 0 Å². The van der Waals surface area contributed by atoms with E-state index in [0.29, 0.717) is 26.1 Å². The van der Waals surface area contributed by atoms with Crippen molar-refractivity contribution in [2.75, 3.05) is 43.7 Å². The highest BCUT2D eigenvalue weighted by molar-refractivity contribution is 6.04. The number of hydrogen-bond donors (Lipinski definition) is 1. The number of nitrogens with two attached hydrogens (primary N) is 1. The fraction of sp³-hybridized carbons (Fsp3) is 0.467. The Kier molecular flexibility index (Phi) is 4.78. The van der Waals surface area contributed by atoms with Crippen molar-refractivity contribution in [3.8, 4) is 6.07 Å². The summed E-state index contributed by atoms with van der Waals surface area (Å²) in [7, 11) is 3.38. The Balaban J connectivity index is 2.27. The molecule has 1 unspecified atom stereocenters. The zero-order valence-electron chi connectivity index (χ0n) is 12.4. The summed E-state index contributed by atoms with van der Waals surface area (Å²) in [4.78, 5) is 15.6. The van der Waals surface area contributed by atoms with Gasteiger partial charge in [0.1, 0.15) is 6.04 Å². The summed E-state index contributed by atoms with van der Waals surface area (Å²) in [5.74, 6) is -0.0948. The molecule has 0 saturated heterocycles. The van der Waals surface area contributed by atoms with Crippen molar-refractivity contribution in [2.24, 2.45) is 5.73 Å². The van der Waals surface area contributed by atoms with Crippen LogP contribution in [0.1, 0.15) is 18.0 Å². The van der Waals surface area contributed by atoms with Gasteiger partial charge in [-0.2, -0.15) is 5.26 Å². The maximum absolute atomic E-state index is 11.9. The third-order valence-electron chi connectivity index (χ3n) is 3.73. The van der Waals surface area contributed by atoms with Crippen molar-refractivity contribution in [2.45, 2.75) is 12.5 Å². The summed E-state index contributed by atoms with van der Waals surface area (Å²) >= 11 is 0. The molecule has 1 atom stereocenters. The first kappa shape index (κ1) is 15.3. The lowest BCUT2D eigenvalue weighted by Crippen LogP contribution is -2.29. The molecule has 0 aromatic heterocycles. The van der Waals surface area contributed by atoms with Crippen molar-refractivity contribution in [1.82, 2.24) is 0 Å². The first-order valence-electron chi connectivity index (χ1n) is 6.88. The van der Waals surface area contributed by atoms with Crippen LogP contribution >= 0.6 is 0 Å². The van der Waals surface area contributed by atoms with E-state index >= 15 is 0 Å². The molecule has 1 aliphatic heterocycles. The summed E-state index contributed by atoms with van der Waals surface area (Å²) in [6.45, 7) is 1.90. The minimum Gasteiger partial charge on any atom is -0.383 e. The lowest BCUT2D eigenvalue weighted by molar-refractivity contribution is -0.118. The first-order valence-corrected chi connectivity index (χ1v) is 6.88. The summed E-state index contributed by atoms with van der Waals surface area (Å²) in [6.07, 6.45) is 0.440. The molecule has 1 aliphatic rings. The molecule has 0 bridgehead atoms. The molecule has 2 rings (SSSR count). The van der Waals surface area contributed by atoms with Crippen LogP contribution < -0.4 is 15.5 Å². The summed E-state index contributed by atoms with van der Waals surface area (Å²) < 4.78 is 5.11. The van der Waals surface area contributed by atoms with Gasteiger partial charge in [-0.1, -0.05) is 6.07 Å². The van der Waals surface area contributed by atoms with Crippen molar-refractivity contribution in [3.05, 3.63) is 23.8 Å². The molecule has 21 heavy (non-hydrogen) atoms. The molecule has 0 aliphatic carbocycles. The SMILES string of the molecule is COCCN(CCC#N)c1ccc2c(c1)N(C)C(=O)C2N. The third kappa shape index (κ3) is 2.99. The summed E-state index contributed by atoms with van der Waals surface area (Å²) in [6, 6.07) is 7.36. The second-order valence-electron chi connectivity index (χ2n) is 5.01. The molecule has 6 nitrogen and oxygen atoms in total. The number of amides is 1. The minimum atomic E-state index is -0.578. The molecule has 2 N–H and O–H groups in total. The molecule has 112 valence electrons. The monoisotopic (exact) mass is 288 g/mol. The molecule has 1 aromatic carbocycles. The Labute approximate surface area is 124 Å². The smallest absolute Gasteiger partial charge is 0.248 e. The number of fused-ring (bicyclic) bond motifs is 1. The van der Waals surface area contributed by atoms with Gasteiger partial charge in [0.15, 0.2) is 0 Å². The van der Waals surface area contributed by atoms with E-state index in [2.05, 4.69) is 11.0 Å². The van der Waals surface area contributed by atoms with Gasteiger partial charge in [0.25, 0.3) is 0 Å². The van der Waals surface area contributed by atoms with E-state index < -0.39 is 6.04 Å². The van der Waals surface area contributed by atoms with Crippen LogP contribution in [-0.2, 0) is 9.53 Å². The highest BCUT2D eigenvalue weighted by Crippen LogP contribution is 2.36. The van der Waals surface area contributed by atoms with E-state index in [9.17, 15) is 4.79 Å². The number of rotatable bonds is 6. The van der Waals surface area contributed by atoms with Crippen LogP contribution in [0.4, 0.5) is 11.4 Å². The molecule has 0 fully saturated rings. The van der Waals surface area contributed by atoms with Crippen LogP contribution in [0.2, 0.25) is 0 Å². The van der Waals surface area contributed by atoms with Crippen LogP contribution in [0.15, 0.2) is 18.2 Å². The molecule has 6 heteroatoms. The Hall–Kier alpha value is -2.10. The number of nitrogens with zero attached hydrogens (tertiary/aromatic N) is 3. The normalized spacial score (nSPS) is 16.8. The second kappa shape index (κ2) is 6.57. The Morgan fingerprint density at radius 1 is 1.48 bits per heavy atom. The van der Waals surface area contributed by atoms with Gasteiger partial charge in [-0.3, -0.25) is 4.79 Å². The number of benzene rings is 1. The van der Waals surface area contributed by atoms with Gasteiger partial charge in [0.2, 0.25) is 5.91 Å². The number of methoxy groups -OCH3 is 1. The Morgan fingerprint density at radius 2 is 2.24 bits per heavy atom. The van der Waals surface area contributed by atoms with Gasteiger partial charge < -0.3 is 20.3 Å². The number of carbonyl (C=O) groups excluding carboxylic acids is 1. The highest BCUT2D eigenvalue weighted by Gasteiger charge is 2.32. The zero-order valence-corrected chi connectivity index (χ0v) is 12.4. The standard InChI is InChI=1S/C15H20N4O2/c1-18-13-10-11(4-5-12(13)14(17)15(18)20)19(7-3-6-16)8-9-21-2/h4-5,10,14H,3,7-9,17H2,1-2H3. The fourth-order valence-electron chi connectivity index (χ4n) is 2.50. The van der Waals surface area contributed by atoms with E-state index in [4.69, 9.17) is 15.7 Å². The minimum absolute atomic E-state index is 0.0948. The lowest BCUT2D eigenvalue weighted by atomic mass is 10.1. The summed E-state index contributed by atoms with van der Waals surface area (Å²) in [5.41, 5.74) is 8.55. The topological polar surface area (TPSA) is 82.6 Å². The third-order valence-corrected chi connectivity index (χ3v) is 3.73. The average Bonchev–Trinajstić information content (AvgIpc) is 2.72. The van der Waals surface area contributed by atoms with Gasteiger partial charge >= 0.3 is 0 Å². The molecular formula is C15H20N4O2. The highest BCUT2D eigenvalue weighted by atomic mass is 16.5. The predicted molar refractivity (Wildman–Crippen MR) is 81.1 cm³/mol.